The first kappa shape index (κ1) is 11.8. The van der Waals surface area contributed by atoms with Gasteiger partial charge in [0, 0.05) is 24.3 Å². The van der Waals surface area contributed by atoms with Crippen LogP contribution >= 0.6 is 11.8 Å². The van der Waals surface area contributed by atoms with Crippen LogP contribution in [0.15, 0.2) is 0 Å². The second kappa shape index (κ2) is 4.65. The molecule has 5 heteroatoms. The van der Waals surface area contributed by atoms with Gasteiger partial charge in [0.15, 0.2) is 0 Å². The highest BCUT2D eigenvalue weighted by Gasteiger charge is 2.40. The van der Waals surface area contributed by atoms with Gasteiger partial charge in [-0.3, -0.25) is 9.59 Å². The molecule has 2 heterocycles. The lowest BCUT2D eigenvalue weighted by Gasteiger charge is -2.25. The SMILES string of the molecule is CC1C(C(=O)O)CCN1C(=O)C1CCSC1. The second-order valence-corrected chi connectivity index (χ2v) is 5.72. The molecule has 1 N–H and O–H groups in total. The molecule has 0 aromatic carbocycles. The van der Waals surface area contributed by atoms with Gasteiger partial charge < -0.3 is 10.0 Å². The number of likely N-dealkylation sites (tertiary alicyclic amines) is 1. The summed E-state index contributed by atoms with van der Waals surface area (Å²) in [5.74, 6) is 1.10. The molecule has 3 atom stereocenters. The van der Waals surface area contributed by atoms with Crippen molar-refractivity contribution in [2.45, 2.75) is 25.8 Å². The number of thioether (sulfide) groups is 1. The van der Waals surface area contributed by atoms with Crippen LogP contribution in [-0.2, 0) is 9.59 Å². The van der Waals surface area contributed by atoms with Crippen molar-refractivity contribution in [2.75, 3.05) is 18.1 Å². The molecular weight excluding hydrogens is 226 g/mol. The monoisotopic (exact) mass is 243 g/mol. The average molecular weight is 243 g/mol. The zero-order valence-electron chi connectivity index (χ0n) is 9.39. The van der Waals surface area contributed by atoms with Gasteiger partial charge in [0.05, 0.1) is 5.92 Å². The van der Waals surface area contributed by atoms with Crippen molar-refractivity contribution >= 4 is 23.6 Å². The van der Waals surface area contributed by atoms with Crippen molar-refractivity contribution in [3.63, 3.8) is 0 Å². The number of carboxylic acid groups (broad SMARTS) is 1. The molecule has 2 aliphatic rings. The fourth-order valence-corrected chi connectivity index (χ4v) is 3.76. The summed E-state index contributed by atoms with van der Waals surface area (Å²) >= 11 is 1.81. The Morgan fingerprint density at radius 2 is 2.12 bits per heavy atom. The maximum atomic E-state index is 12.1. The zero-order valence-corrected chi connectivity index (χ0v) is 10.2. The zero-order chi connectivity index (χ0) is 11.7. The van der Waals surface area contributed by atoms with Crippen LogP contribution in [0, 0.1) is 11.8 Å². The smallest absolute Gasteiger partial charge is 0.308 e. The standard InChI is InChI=1S/C11H17NO3S/c1-7-9(11(14)15)2-4-12(7)10(13)8-3-5-16-6-8/h7-9H,2-6H2,1H3,(H,14,15). The number of hydrogen-bond acceptors (Lipinski definition) is 3. The van der Waals surface area contributed by atoms with Gasteiger partial charge in [0.1, 0.15) is 0 Å². The summed E-state index contributed by atoms with van der Waals surface area (Å²) in [5, 5.41) is 9.01. The molecule has 0 aromatic heterocycles. The molecular formula is C11H17NO3S. The lowest BCUT2D eigenvalue weighted by atomic mass is 10.0. The van der Waals surface area contributed by atoms with E-state index in [9.17, 15) is 9.59 Å². The summed E-state index contributed by atoms with van der Waals surface area (Å²) < 4.78 is 0. The maximum absolute atomic E-state index is 12.1. The molecule has 2 aliphatic heterocycles. The Bertz CT molecular complexity index is 302. The van der Waals surface area contributed by atoms with Crippen LogP contribution in [-0.4, -0.2) is 46.0 Å². The Hall–Kier alpha value is -0.710. The van der Waals surface area contributed by atoms with Gasteiger partial charge >= 0.3 is 5.97 Å². The van der Waals surface area contributed by atoms with E-state index in [1.54, 1.807) is 4.90 Å². The lowest BCUT2D eigenvalue weighted by Crippen LogP contribution is -2.41. The third-order valence-electron chi connectivity index (χ3n) is 3.63. The number of hydrogen-bond donors (Lipinski definition) is 1. The van der Waals surface area contributed by atoms with E-state index in [-0.39, 0.29) is 23.8 Å². The van der Waals surface area contributed by atoms with E-state index in [4.69, 9.17) is 5.11 Å². The molecule has 90 valence electrons. The molecule has 0 aromatic rings. The number of aliphatic carboxylic acids is 1. The normalized spacial score (nSPS) is 34.3. The minimum absolute atomic E-state index is 0.125. The quantitative estimate of drug-likeness (QED) is 0.788. The fourth-order valence-electron chi connectivity index (χ4n) is 2.54. The third kappa shape index (κ3) is 2.05. The van der Waals surface area contributed by atoms with Crippen LogP contribution < -0.4 is 0 Å². The minimum atomic E-state index is -0.774. The Labute approximate surface area is 99.4 Å². The number of carboxylic acids is 1. The van der Waals surface area contributed by atoms with Crippen LogP contribution in [0.3, 0.4) is 0 Å². The summed E-state index contributed by atoms with van der Waals surface area (Å²) in [5.41, 5.74) is 0. The van der Waals surface area contributed by atoms with Crippen LogP contribution in [0.2, 0.25) is 0 Å². The molecule has 2 saturated heterocycles. The Morgan fingerprint density at radius 1 is 1.38 bits per heavy atom. The predicted octanol–water partition coefficient (Wildman–Crippen LogP) is 1.06. The predicted molar refractivity (Wildman–Crippen MR) is 62.3 cm³/mol. The Kier molecular flexibility index (Phi) is 3.42. The van der Waals surface area contributed by atoms with Gasteiger partial charge in [0.25, 0.3) is 0 Å². The first-order valence-electron chi connectivity index (χ1n) is 5.72. The van der Waals surface area contributed by atoms with E-state index in [2.05, 4.69) is 0 Å². The molecule has 2 fully saturated rings. The van der Waals surface area contributed by atoms with E-state index < -0.39 is 5.97 Å². The van der Waals surface area contributed by atoms with Gasteiger partial charge in [-0.25, -0.2) is 0 Å². The van der Waals surface area contributed by atoms with Gasteiger partial charge in [-0.15, -0.1) is 0 Å². The molecule has 0 spiro atoms. The number of nitrogens with zero attached hydrogens (tertiary/aromatic N) is 1. The first-order valence-corrected chi connectivity index (χ1v) is 6.87. The summed E-state index contributed by atoms with van der Waals surface area (Å²) in [6.07, 6.45) is 1.55. The summed E-state index contributed by atoms with van der Waals surface area (Å²) in [6, 6.07) is -0.143. The van der Waals surface area contributed by atoms with Crippen LogP contribution in [0.5, 0.6) is 0 Å². The number of carbonyl (C=O) groups excluding carboxylic acids is 1. The maximum Gasteiger partial charge on any atom is 0.308 e. The highest BCUT2D eigenvalue weighted by molar-refractivity contribution is 7.99. The van der Waals surface area contributed by atoms with Gasteiger partial charge in [0.2, 0.25) is 5.91 Å². The number of carbonyl (C=O) groups is 2. The molecule has 0 radical (unpaired) electrons. The Morgan fingerprint density at radius 3 is 2.62 bits per heavy atom. The number of amides is 1. The first-order chi connectivity index (χ1) is 7.61. The Balaban J connectivity index is 2.00. The topological polar surface area (TPSA) is 57.6 Å². The molecule has 1 amide bonds. The van der Waals surface area contributed by atoms with Crippen molar-refractivity contribution in [1.82, 2.24) is 4.90 Å². The van der Waals surface area contributed by atoms with Crippen molar-refractivity contribution < 1.29 is 14.7 Å². The molecule has 0 saturated carbocycles. The fraction of sp³-hybridized carbons (Fsp3) is 0.818. The van der Waals surface area contributed by atoms with Crippen LogP contribution in [0.1, 0.15) is 19.8 Å². The van der Waals surface area contributed by atoms with E-state index in [0.29, 0.717) is 13.0 Å². The average Bonchev–Trinajstić information content (AvgIpc) is 2.84. The lowest BCUT2D eigenvalue weighted by molar-refractivity contribution is -0.143. The van der Waals surface area contributed by atoms with Gasteiger partial charge in [-0.1, -0.05) is 0 Å². The number of rotatable bonds is 2. The summed E-state index contributed by atoms with van der Waals surface area (Å²) in [6.45, 7) is 2.46. The summed E-state index contributed by atoms with van der Waals surface area (Å²) in [4.78, 5) is 24.9. The van der Waals surface area contributed by atoms with Crippen molar-refractivity contribution in [2.24, 2.45) is 11.8 Å². The van der Waals surface area contributed by atoms with Crippen molar-refractivity contribution in [1.29, 1.82) is 0 Å². The summed E-state index contributed by atoms with van der Waals surface area (Å²) in [7, 11) is 0. The second-order valence-electron chi connectivity index (χ2n) is 4.57. The van der Waals surface area contributed by atoms with Crippen molar-refractivity contribution in [3.8, 4) is 0 Å². The minimum Gasteiger partial charge on any atom is -0.481 e. The largest absolute Gasteiger partial charge is 0.481 e. The molecule has 2 rings (SSSR count). The van der Waals surface area contributed by atoms with Crippen molar-refractivity contribution in [3.05, 3.63) is 0 Å². The highest BCUT2D eigenvalue weighted by atomic mass is 32.2. The highest BCUT2D eigenvalue weighted by Crippen LogP contribution is 2.30. The molecule has 3 unspecified atom stereocenters. The van der Waals surface area contributed by atoms with E-state index in [1.165, 1.54) is 0 Å². The molecule has 0 bridgehead atoms. The molecule has 16 heavy (non-hydrogen) atoms. The van der Waals surface area contributed by atoms with Crippen LogP contribution in [0.4, 0.5) is 0 Å². The van der Waals surface area contributed by atoms with Gasteiger partial charge in [-0.2, -0.15) is 11.8 Å². The molecule has 4 nitrogen and oxygen atoms in total. The van der Waals surface area contributed by atoms with Gasteiger partial charge in [-0.05, 0) is 25.5 Å². The van der Waals surface area contributed by atoms with E-state index in [1.807, 2.05) is 18.7 Å². The van der Waals surface area contributed by atoms with E-state index >= 15 is 0 Å². The van der Waals surface area contributed by atoms with E-state index in [0.717, 1.165) is 17.9 Å². The third-order valence-corrected chi connectivity index (χ3v) is 4.80. The van der Waals surface area contributed by atoms with Crippen LogP contribution in [0.25, 0.3) is 0 Å². The molecule has 0 aliphatic carbocycles.